The van der Waals surface area contributed by atoms with E-state index in [4.69, 9.17) is 9.47 Å². The van der Waals surface area contributed by atoms with Crippen LogP contribution in [0.2, 0.25) is 0 Å². The molecule has 19 heavy (non-hydrogen) atoms. The zero-order valence-electron chi connectivity index (χ0n) is 12.1. The minimum absolute atomic E-state index is 0.111. The molecule has 0 saturated heterocycles. The number of carbonyl (C=O) groups excluding carboxylic acids is 2. The van der Waals surface area contributed by atoms with E-state index in [1.807, 2.05) is 19.1 Å². The van der Waals surface area contributed by atoms with Crippen molar-refractivity contribution >= 4 is 11.9 Å². The number of rotatable bonds is 9. The van der Waals surface area contributed by atoms with Crippen LogP contribution in [0.1, 0.15) is 46.5 Å². The van der Waals surface area contributed by atoms with Crippen molar-refractivity contribution in [3.63, 3.8) is 0 Å². The minimum atomic E-state index is -0.318. The van der Waals surface area contributed by atoms with Crippen molar-refractivity contribution in [3.05, 3.63) is 24.8 Å². The molecule has 108 valence electrons. The second kappa shape index (κ2) is 10.4. The molecule has 0 aliphatic carbocycles. The van der Waals surface area contributed by atoms with Crippen LogP contribution >= 0.6 is 0 Å². The monoisotopic (exact) mass is 268 g/mol. The van der Waals surface area contributed by atoms with Gasteiger partial charge in [0.05, 0.1) is 0 Å². The minimum Gasteiger partial charge on any atom is -0.462 e. The Kier molecular flexibility index (Phi) is 9.49. The first kappa shape index (κ1) is 17.4. The molecule has 4 heteroatoms. The Morgan fingerprint density at radius 3 is 2.26 bits per heavy atom. The maximum absolute atomic E-state index is 10.9. The summed E-state index contributed by atoms with van der Waals surface area (Å²) in [4.78, 5) is 21.9. The standard InChI is InChI=1S/C15H24O4/c1-5-8-14(18-12(3)16)10-7-11-15(9-6-2)19-13(4)17/h5,7,10,14-15H,1,6,8-9,11H2,2-4H3/b10-7+/t14-,15-/m1/s1. The van der Waals surface area contributed by atoms with Gasteiger partial charge in [-0.2, -0.15) is 0 Å². The van der Waals surface area contributed by atoms with Crippen LogP contribution in [0.3, 0.4) is 0 Å². The first-order valence-electron chi connectivity index (χ1n) is 6.61. The van der Waals surface area contributed by atoms with Gasteiger partial charge in [-0.15, -0.1) is 6.58 Å². The first-order chi connectivity index (χ1) is 8.99. The molecule has 0 fully saturated rings. The van der Waals surface area contributed by atoms with Crippen molar-refractivity contribution < 1.29 is 19.1 Å². The van der Waals surface area contributed by atoms with E-state index in [1.165, 1.54) is 13.8 Å². The number of ether oxygens (including phenoxy) is 2. The van der Waals surface area contributed by atoms with Gasteiger partial charge in [-0.3, -0.25) is 9.59 Å². The Morgan fingerprint density at radius 2 is 1.79 bits per heavy atom. The fourth-order valence-electron chi connectivity index (χ4n) is 1.71. The molecule has 0 aromatic carbocycles. The lowest BCUT2D eigenvalue weighted by atomic mass is 10.1. The highest BCUT2D eigenvalue weighted by molar-refractivity contribution is 5.66. The number of hydrogen-bond acceptors (Lipinski definition) is 4. The zero-order chi connectivity index (χ0) is 14.7. The molecular formula is C15H24O4. The summed E-state index contributed by atoms with van der Waals surface area (Å²) in [6.07, 6.45) is 7.97. The third-order valence-corrected chi connectivity index (χ3v) is 2.41. The van der Waals surface area contributed by atoms with Crippen LogP contribution in [0.25, 0.3) is 0 Å². The zero-order valence-corrected chi connectivity index (χ0v) is 12.1. The molecular weight excluding hydrogens is 244 g/mol. The summed E-state index contributed by atoms with van der Waals surface area (Å²) in [6.45, 7) is 8.45. The fraction of sp³-hybridized carbons (Fsp3) is 0.600. The second-order valence-electron chi connectivity index (χ2n) is 4.36. The topological polar surface area (TPSA) is 52.6 Å². The average Bonchev–Trinajstić information content (AvgIpc) is 2.27. The van der Waals surface area contributed by atoms with Gasteiger partial charge in [0.15, 0.2) is 0 Å². The van der Waals surface area contributed by atoms with Crippen molar-refractivity contribution in [3.8, 4) is 0 Å². The summed E-state index contributed by atoms with van der Waals surface area (Å²) in [7, 11) is 0. The van der Waals surface area contributed by atoms with E-state index in [1.54, 1.807) is 6.08 Å². The Morgan fingerprint density at radius 1 is 1.16 bits per heavy atom. The molecule has 0 aromatic heterocycles. The van der Waals surface area contributed by atoms with Gasteiger partial charge < -0.3 is 9.47 Å². The molecule has 4 nitrogen and oxygen atoms in total. The second-order valence-corrected chi connectivity index (χ2v) is 4.36. The molecule has 0 aliphatic rings. The van der Waals surface area contributed by atoms with E-state index in [0.29, 0.717) is 12.8 Å². The Bertz CT molecular complexity index is 320. The van der Waals surface area contributed by atoms with Gasteiger partial charge in [0.25, 0.3) is 0 Å². The van der Waals surface area contributed by atoms with Gasteiger partial charge in [-0.1, -0.05) is 25.5 Å². The molecule has 0 bridgehead atoms. The summed E-state index contributed by atoms with van der Waals surface area (Å²) in [6, 6.07) is 0. The number of esters is 2. The number of carbonyl (C=O) groups is 2. The molecule has 0 unspecified atom stereocenters. The van der Waals surface area contributed by atoms with Crippen LogP contribution in [-0.4, -0.2) is 24.1 Å². The van der Waals surface area contributed by atoms with Crippen molar-refractivity contribution in [2.75, 3.05) is 0 Å². The molecule has 0 aliphatic heterocycles. The Balaban J connectivity index is 4.34. The van der Waals surface area contributed by atoms with Crippen molar-refractivity contribution in [1.82, 2.24) is 0 Å². The van der Waals surface area contributed by atoms with E-state index in [2.05, 4.69) is 6.58 Å². The molecule has 2 atom stereocenters. The quantitative estimate of drug-likeness (QED) is 0.476. The van der Waals surface area contributed by atoms with E-state index in [-0.39, 0.29) is 24.1 Å². The van der Waals surface area contributed by atoms with Crippen molar-refractivity contribution in [1.29, 1.82) is 0 Å². The molecule has 0 radical (unpaired) electrons. The highest BCUT2D eigenvalue weighted by Gasteiger charge is 2.10. The lowest BCUT2D eigenvalue weighted by Gasteiger charge is -2.15. The number of hydrogen-bond donors (Lipinski definition) is 0. The highest BCUT2D eigenvalue weighted by atomic mass is 16.5. The van der Waals surface area contributed by atoms with Gasteiger partial charge in [0.2, 0.25) is 0 Å². The molecule has 0 rings (SSSR count). The van der Waals surface area contributed by atoms with Gasteiger partial charge in [0.1, 0.15) is 12.2 Å². The summed E-state index contributed by atoms with van der Waals surface area (Å²) in [5, 5.41) is 0. The van der Waals surface area contributed by atoms with Crippen molar-refractivity contribution in [2.45, 2.75) is 58.7 Å². The van der Waals surface area contributed by atoms with Crippen LogP contribution in [0.5, 0.6) is 0 Å². The summed E-state index contributed by atoms with van der Waals surface area (Å²) >= 11 is 0. The lowest BCUT2D eigenvalue weighted by Crippen LogP contribution is -2.16. The fourth-order valence-corrected chi connectivity index (χ4v) is 1.71. The van der Waals surface area contributed by atoms with Gasteiger partial charge in [-0.05, 0) is 12.5 Å². The van der Waals surface area contributed by atoms with E-state index >= 15 is 0 Å². The van der Waals surface area contributed by atoms with Crippen LogP contribution in [-0.2, 0) is 19.1 Å². The molecule has 0 N–H and O–H groups in total. The normalized spacial score (nSPS) is 13.8. The summed E-state index contributed by atoms with van der Waals surface area (Å²) in [5.74, 6) is -0.587. The largest absolute Gasteiger partial charge is 0.462 e. The molecule has 0 heterocycles. The van der Waals surface area contributed by atoms with Crippen LogP contribution in [0, 0.1) is 0 Å². The van der Waals surface area contributed by atoms with E-state index in [9.17, 15) is 9.59 Å². The van der Waals surface area contributed by atoms with E-state index < -0.39 is 0 Å². The lowest BCUT2D eigenvalue weighted by molar-refractivity contribution is -0.146. The Labute approximate surface area is 115 Å². The van der Waals surface area contributed by atoms with Crippen molar-refractivity contribution in [2.24, 2.45) is 0 Å². The third-order valence-electron chi connectivity index (χ3n) is 2.41. The average molecular weight is 268 g/mol. The SMILES string of the molecule is C=CC[C@H](/C=C/C[C@@H](CCC)OC(C)=O)OC(C)=O. The molecule has 0 amide bonds. The molecule has 0 aromatic rings. The smallest absolute Gasteiger partial charge is 0.303 e. The molecule has 0 spiro atoms. The predicted molar refractivity (Wildman–Crippen MR) is 74.6 cm³/mol. The summed E-state index contributed by atoms with van der Waals surface area (Å²) < 4.78 is 10.3. The van der Waals surface area contributed by atoms with Crippen LogP contribution in [0.4, 0.5) is 0 Å². The third kappa shape index (κ3) is 10.1. The van der Waals surface area contributed by atoms with Gasteiger partial charge >= 0.3 is 11.9 Å². The van der Waals surface area contributed by atoms with Crippen LogP contribution < -0.4 is 0 Å². The predicted octanol–water partition coefficient (Wildman–Crippen LogP) is 3.17. The molecule has 0 saturated carbocycles. The highest BCUT2D eigenvalue weighted by Crippen LogP contribution is 2.10. The van der Waals surface area contributed by atoms with E-state index in [0.717, 1.165) is 12.8 Å². The Hall–Kier alpha value is -1.58. The summed E-state index contributed by atoms with van der Waals surface area (Å²) in [5.41, 5.74) is 0. The van der Waals surface area contributed by atoms with Gasteiger partial charge in [-0.25, -0.2) is 0 Å². The van der Waals surface area contributed by atoms with Crippen LogP contribution in [0.15, 0.2) is 24.8 Å². The maximum atomic E-state index is 10.9. The first-order valence-corrected chi connectivity index (χ1v) is 6.61. The maximum Gasteiger partial charge on any atom is 0.303 e. The van der Waals surface area contributed by atoms with Gasteiger partial charge in [0, 0.05) is 26.7 Å².